The maximum atomic E-state index is 11.4. The second-order valence-electron chi connectivity index (χ2n) is 13.2. The minimum Gasteiger partial charge on any atom is -0.460 e. The fourth-order valence-corrected chi connectivity index (χ4v) is 10.8. The summed E-state index contributed by atoms with van der Waals surface area (Å²) >= 11 is 0. The van der Waals surface area contributed by atoms with Crippen molar-refractivity contribution in [1.82, 2.24) is 0 Å². The highest BCUT2D eigenvalue weighted by Crippen LogP contribution is 2.76. The molecule has 0 N–H and O–H groups in total. The first kappa shape index (κ1) is 25.2. The van der Waals surface area contributed by atoms with Crippen LogP contribution >= 0.6 is 0 Å². The Hall–Kier alpha value is -1.74. The van der Waals surface area contributed by atoms with E-state index in [1.54, 1.807) is 0 Å². The van der Waals surface area contributed by atoms with Crippen LogP contribution in [0.2, 0.25) is 0 Å². The van der Waals surface area contributed by atoms with E-state index in [0.717, 1.165) is 38.5 Å². The van der Waals surface area contributed by atoms with Crippen LogP contribution < -0.4 is 0 Å². The molecule has 0 radical (unpaired) electrons. The lowest BCUT2D eigenvalue weighted by atomic mass is 9.36. The van der Waals surface area contributed by atoms with E-state index in [4.69, 9.17) is 28.7 Å². The second-order valence-corrected chi connectivity index (χ2v) is 13.2. The van der Waals surface area contributed by atoms with Gasteiger partial charge in [0.15, 0.2) is 0 Å². The molecular formula is C30H40O8. The maximum Gasteiger partial charge on any atom is 0.330 e. The van der Waals surface area contributed by atoms with E-state index in [-0.39, 0.29) is 35.6 Å². The second kappa shape index (κ2) is 8.88. The van der Waals surface area contributed by atoms with Crippen molar-refractivity contribution in [3.8, 4) is 0 Å². The summed E-state index contributed by atoms with van der Waals surface area (Å²) in [7, 11) is 0. The molecule has 9 fully saturated rings. The van der Waals surface area contributed by atoms with E-state index in [9.17, 15) is 9.59 Å². The summed E-state index contributed by atoms with van der Waals surface area (Å²) in [6, 6.07) is 0. The zero-order chi connectivity index (χ0) is 26.2. The molecule has 0 aromatic heterocycles. The molecule has 2 spiro atoms. The molecule has 4 atom stereocenters. The van der Waals surface area contributed by atoms with Gasteiger partial charge in [0.2, 0.25) is 0 Å². The van der Waals surface area contributed by atoms with Gasteiger partial charge < -0.3 is 18.9 Å². The predicted octanol–water partition coefficient (Wildman–Crippen LogP) is 4.07. The summed E-state index contributed by atoms with van der Waals surface area (Å²) < 4.78 is 23.4. The average Bonchev–Trinajstić information content (AvgIpc) is 2.87. The molecule has 4 unspecified atom stereocenters. The molecule has 208 valence electrons. The number of carbonyl (C=O) groups is 2. The Kier molecular flexibility index (Phi) is 5.90. The summed E-state index contributed by atoms with van der Waals surface area (Å²) in [5, 5.41) is 0. The van der Waals surface area contributed by atoms with Gasteiger partial charge >= 0.3 is 11.9 Å². The van der Waals surface area contributed by atoms with E-state index >= 15 is 0 Å². The minimum absolute atomic E-state index is 0.137. The zero-order valence-corrected chi connectivity index (χ0v) is 22.2. The van der Waals surface area contributed by atoms with Crippen molar-refractivity contribution < 1.29 is 38.3 Å². The molecule has 8 saturated carbocycles. The lowest BCUT2D eigenvalue weighted by Crippen LogP contribution is -2.86. The van der Waals surface area contributed by atoms with Gasteiger partial charge in [-0.15, -0.1) is 0 Å². The summed E-state index contributed by atoms with van der Waals surface area (Å²) in [6.45, 7) is 8.31. The SMILES string of the molecule is C=CC(=O)OCCOC12CC3CC(C1)C1(OOC14C1CC5CC4CC(OCCOC(=O)C=C)(C5)C1)C(C3)C2. The van der Waals surface area contributed by atoms with Crippen molar-refractivity contribution in [2.24, 2.45) is 35.5 Å². The minimum atomic E-state index is -0.401. The highest BCUT2D eigenvalue weighted by atomic mass is 17.3. The number of rotatable bonds is 10. The van der Waals surface area contributed by atoms with Gasteiger partial charge in [0.25, 0.3) is 0 Å². The summed E-state index contributed by atoms with van der Waals surface area (Å²) in [5.41, 5.74) is -0.700. The van der Waals surface area contributed by atoms with Gasteiger partial charge in [0.05, 0.1) is 24.4 Å². The molecule has 9 rings (SSSR count). The molecule has 0 aromatic rings. The molecule has 1 saturated heterocycles. The van der Waals surface area contributed by atoms with Gasteiger partial charge in [-0.3, -0.25) is 0 Å². The first-order chi connectivity index (χ1) is 18.4. The van der Waals surface area contributed by atoms with Gasteiger partial charge in [0, 0.05) is 12.2 Å². The summed E-state index contributed by atoms with van der Waals surface area (Å²) in [6.07, 6.45) is 13.4. The van der Waals surface area contributed by atoms with Crippen LogP contribution in [-0.2, 0) is 38.3 Å². The highest BCUT2D eigenvalue weighted by molar-refractivity contribution is 5.81. The van der Waals surface area contributed by atoms with Gasteiger partial charge in [-0.2, -0.15) is 0 Å². The fourth-order valence-electron chi connectivity index (χ4n) is 10.8. The lowest BCUT2D eigenvalue weighted by Gasteiger charge is -2.78. The van der Waals surface area contributed by atoms with Crippen LogP contribution in [-0.4, -0.2) is 60.8 Å². The van der Waals surface area contributed by atoms with E-state index in [1.807, 2.05) is 0 Å². The van der Waals surface area contributed by atoms with Crippen molar-refractivity contribution in [1.29, 1.82) is 0 Å². The average molecular weight is 529 g/mol. The molecule has 8 bridgehead atoms. The molecule has 8 nitrogen and oxygen atoms in total. The number of hydrogen-bond acceptors (Lipinski definition) is 8. The van der Waals surface area contributed by atoms with E-state index in [0.29, 0.717) is 48.7 Å². The molecule has 8 aliphatic carbocycles. The van der Waals surface area contributed by atoms with Gasteiger partial charge in [-0.25, -0.2) is 19.4 Å². The van der Waals surface area contributed by atoms with Crippen LogP contribution in [0.15, 0.2) is 25.3 Å². The third-order valence-corrected chi connectivity index (χ3v) is 11.4. The summed E-state index contributed by atoms with van der Waals surface area (Å²) in [4.78, 5) is 35.7. The van der Waals surface area contributed by atoms with E-state index in [1.165, 1.54) is 37.8 Å². The van der Waals surface area contributed by atoms with Gasteiger partial charge in [-0.05, 0) is 99.7 Å². The Balaban J connectivity index is 1.07. The zero-order valence-electron chi connectivity index (χ0n) is 22.2. The third-order valence-electron chi connectivity index (χ3n) is 11.4. The number of carbonyl (C=O) groups excluding carboxylic acids is 2. The molecule has 0 amide bonds. The molecule has 8 heteroatoms. The molecule has 1 aliphatic heterocycles. The smallest absolute Gasteiger partial charge is 0.330 e. The first-order valence-electron chi connectivity index (χ1n) is 14.6. The van der Waals surface area contributed by atoms with Crippen LogP contribution in [0, 0.1) is 35.5 Å². The predicted molar refractivity (Wildman–Crippen MR) is 134 cm³/mol. The Morgan fingerprint density at radius 2 is 1.00 bits per heavy atom. The van der Waals surface area contributed by atoms with Crippen LogP contribution in [0.4, 0.5) is 0 Å². The van der Waals surface area contributed by atoms with Gasteiger partial charge in [-0.1, -0.05) is 13.2 Å². The fraction of sp³-hybridized carbons (Fsp3) is 0.800. The highest BCUT2D eigenvalue weighted by Gasteiger charge is 2.83. The van der Waals surface area contributed by atoms with Crippen molar-refractivity contribution >= 4 is 11.9 Å². The topological polar surface area (TPSA) is 89.5 Å². The monoisotopic (exact) mass is 528 g/mol. The number of ether oxygens (including phenoxy) is 4. The van der Waals surface area contributed by atoms with E-state index in [2.05, 4.69) is 13.2 Å². The Morgan fingerprint density at radius 3 is 1.32 bits per heavy atom. The van der Waals surface area contributed by atoms with Crippen molar-refractivity contribution in [2.75, 3.05) is 26.4 Å². The largest absolute Gasteiger partial charge is 0.460 e. The van der Waals surface area contributed by atoms with Crippen LogP contribution in [0.5, 0.6) is 0 Å². The third kappa shape index (κ3) is 3.49. The van der Waals surface area contributed by atoms with E-state index < -0.39 is 11.9 Å². The quantitative estimate of drug-likeness (QED) is 0.181. The Morgan fingerprint density at radius 1 is 0.632 bits per heavy atom. The Labute approximate surface area is 224 Å². The van der Waals surface area contributed by atoms with Crippen molar-refractivity contribution in [3.05, 3.63) is 25.3 Å². The first-order valence-corrected chi connectivity index (χ1v) is 14.6. The molecular weight excluding hydrogens is 488 g/mol. The van der Waals surface area contributed by atoms with Crippen LogP contribution in [0.3, 0.4) is 0 Å². The summed E-state index contributed by atoms with van der Waals surface area (Å²) in [5.74, 6) is 2.27. The number of hydrogen-bond donors (Lipinski definition) is 0. The molecule has 0 aromatic carbocycles. The number of esters is 2. The van der Waals surface area contributed by atoms with Crippen molar-refractivity contribution in [3.63, 3.8) is 0 Å². The molecule has 1 heterocycles. The standard InChI is InChI=1S/C30H40O8/c1-3-25(31)33-5-7-35-27-13-19-9-21(15-27)29(22(10-19)16-27)30(38-37-29)23-11-20-12-24(30)18-28(14-20,17-23)36-8-6-34-26(32)4-2/h3-4,19-24H,1-2,5-18H2. The molecule has 38 heavy (non-hydrogen) atoms. The van der Waals surface area contributed by atoms with Gasteiger partial charge in [0.1, 0.15) is 24.4 Å². The Bertz CT molecular complexity index is 908. The normalized spacial score (nSPS) is 48.7. The van der Waals surface area contributed by atoms with Crippen LogP contribution in [0.1, 0.15) is 64.2 Å². The van der Waals surface area contributed by atoms with Crippen molar-refractivity contribution in [2.45, 2.75) is 86.6 Å². The van der Waals surface area contributed by atoms with Crippen LogP contribution in [0.25, 0.3) is 0 Å². The lowest BCUT2D eigenvalue weighted by molar-refractivity contribution is -0.618. The molecule has 9 aliphatic rings. The maximum absolute atomic E-state index is 11.4.